The molecular formula is C10H11IO3. The molecule has 0 radical (unpaired) electrons. The molecule has 0 amide bonds. The van der Waals surface area contributed by atoms with Gasteiger partial charge in [0.25, 0.3) is 0 Å². The fourth-order valence-electron chi connectivity index (χ4n) is 0.896. The van der Waals surface area contributed by atoms with Crippen LogP contribution in [0.2, 0.25) is 0 Å². The van der Waals surface area contributed by atoms with Crippen LogP contribution in [-0.4, -0.2) is 19.7 Å². The molecule has 0 N–H and O–H groups in total. The number of halogens is 1. The summed E-state index contributed by atoms with van der Waals surface area (Å²) in [5.41, 5.74) is 0.651. The first kappa shape index (κ1) is 11.5. The number of carbonyl (C=O) groups excluding carboxylic acids is 1. The maximum absolute atomic E-state index is 10.5. The van der Waals surface area contributed by atoms with Crippen LogP contribution in [0.25, 0.3) is 0 Å². The summed E-state index contributed by atoms with van der Waals surface area (Å²) in [5, 5.41) is 0. The highest BCUT2D eigenvalue weighted by Gasteiger charge is 2.01. The molecule has 1 aromatic rings. The summed E-state index contributed by atoms with van der Waals surface area (Å²) in [7, 11) is 0. The van der Waals surface area contributed by atoms with Crippen LogP contribution in [0.5, 0.6) is 5.75 Å². The van der Waals surface area contributed by atoms with Gasteiger partial charge in [-0.05, 0) is 47.7 Å². The minimum absolute atomic E-state index is 0.243. The fraction of sp³-hybridized carbons (Fsp3) is 0.300. The summed E-state index contributed by atoms with van der Waals surface area (Å²) >= 11 is 2.12. The standard InChI is InChI=1S/C10H11IO3/c1-2-13-7-14-10-4-3-8(6-12)5-9(10)11/h3-6H,2,7H2,1H3. The number of carbonyl (C=O) groups is 1. The van der Waals surface area contributed by atoms with Crippen LogP contribution in [0.1, 0.15) is 17.3 Å². The number of ether oxygens (including phenoxy) is 2. The van der Waals surface area contributed by atoms with Crippen LogP contribution in [0.3, 0.4) is 0 Å². The minimum atomic E-state index is 0.243. The number of hydrogen-bond donors (Lipinski definition) is 0. The van der Waals surface area contributed by atoms with Gasteiger partial charge in [-0.2, -0.15) is 0 Å². The van der Waals surface area contributed by atoms with Gasteiger partial charge in [0, 0.05) is 12.2 Å². The topological polar surface area (TPSA) is 35.5 Å². The summed E-state index contributed by atoms with van der Waals surface area (Å²) in [6.45, 7) is 2.78. The molecule has 0 fully saturated rings. The minimum Gasteiger partial charge on any atom is -0.466 e. The Balaban J connectivity index is 2.64. The molecule has 0 aromatic heterocycles. The van der Waals surface area contributed by atoms with Crippen molar-refractivity contribution in [2.75, 3.05) is 13.4 Å². The Morgan fingerprint density at radius 2 is 2.29 bits per heavy atom. The van der Waals surface area contributed by atoms with Crippen LogP contribution < -0.4 is 4.74 Å². The van der Waals surface area contributed by atoms with Crippen molar-refractivity contribution in [3.63, 3.8) is 0 Å². The van der Waals surface area contributed by atoms with Gasteiger partial charge in [0.05, 0.1) is 3.57 Å². The molecule has 0 atom stereocenters. The molecule has 0 aliphatic heterocycles. The van der Waals surface area contributed by atoms with Crippen molar-refractivity contribution >= 4 is 28.9 Å². The molecule has 1 rings (SSSR count). The summed E-state index contributed by atoms with van der Waals surface area (Å²) < 4.78 is 11.3. The molecule has 3 nitrogen and oxygen atoms in total. The van der Waals surface area contributed by atoms with Crippen LogP contribution >= 0.6 is 22.6 Å². The summed E-state index contributed by atoms with van der Waals surface area (Å²) in [6.07, 6.45) is 0.814. The fourth-order valence-corrected chi connectivity index (χ4v) is 1.59. The van der Waals surface area contributed by atoms with Gasteiger partial charge in [-0.25, -0.2) is 0 Å². The van der Waals surface area contributed by atoms with Crippen molar-refractivity contribution in [1.82, 2.24) is 0 Å². The predicted octanol–water partition coefficient (Wildman–Crippen LogP) is 2.48. The number of rotatable bonds is 5. The smallest absolute Gasteiger partial charge is 0.189 e. The molecule has 4 heteroatoms. The second-order valence-electron chi connectivity index (χ2n) is 2.56. The quantitative estimate of drug-likeness (QED) is 0.363. The van der Waals surface area contributed by atoms with Gasteiger partial charge in [-0.1, -0.05) is 0 Å². The lowest BCUT2D eigenvalue weighted by molar-refractivity contribution is 0.0219. The third-order valence-electron chi connectivity index (χ3n) is 1.59. The second kappa shape index (κ2) is 5.98. The van der Waals surface area contributed by atoms with E-state index in [4.69, 9.17) is 9.47 Å². The third kappa shape index (κ3) is 3.26. The highest BCUT2D eigenvalue weighted by atomic mass is 127. The number of aldehydes is 1. The van der Waals surface area contributed by atoms with Crippen molar-refractivity contribution in [2.24, 2.45) is 0 Å². The van der Waals surface area contributed by atoms with E-state index in [1.165, 1.54) is 0 Å². The molecule has 0 spiro atoms. The van der Waals surface area contributed by atoms with Gasteiger partial charge in [0.2, 0.25) is 0 Å². The summed E-state index contributed by atoms with van der Waals surface area (Å²) in [5.74, 6) is 0.740. The SMILES string of the molecule is CCOCOc1ccc(C=O)cc1I. The van der Waals surface area contributed by atoms with Gasteiger partial charge >= 0.3 is 0 Å². The molecule has 0 aliphatic carbocycles. The molecule has 0 bridgehead atoms. The highest BCUT2D eigenvalue weighted by Crippen LogP contribution is 2.21. The molecule has 1 aromatic carbocycles. The largest absolute Gasteiger partial charge is 0.466 e. The molecule has 0 saturated heterocycles. The summed E-state index contributed by atoms with van der Waals surface area (Å²) in [6, 6.07) is 5.26. The van der Waals surface area contributed by atoms with Crippen LogP contribution in [0.4, 0.5) is 0 Å². The molecule has 0 aliphatic rings. The molecule has 76 valence electrons. The lowest BCUT2D eigenvalue weighted by Crippen LogP contribution is -2.03. The highest BCUT2D eigenvalue weighted by molar-refractivity contribution is 14.1. The van der Waals surface area contributed by atoms with Gasteiger partial charge in [0.15, 0.2) is 6.79 Å². The Bertz CT molecular complexity index is 312. The first-order valence-electron chi connectivity index (χ1n) is 4.23. The zero-order valence-corrected chi connectivity index (χ0v) is 9.98. The Morgan fingerprint density at radius 3 is 2.86 bits per heavy atom. The molecule has 0 saturated carbocycles. The maximum atomic E-state index is 10.5. The van der Waals surface area contributed by atoms with Gasteiger partial charge < -0.3 is 9.47 Å². The van der Waals surface area contributed by atoms with Crippen molar-refractivity contribution in [2.45, 2.75) is 6.92 Å². The van der Waals surface area contributed by atoms with Gasteiger partial charge in [-0.15, -0.1) is 0 Å². The van der Waals surface area contributed by atoms with Gasteiger partial charge in [0.1, 0.15) is 12.0 Å². The van der Waals surface area contributed by atoms with E-state index in [1.54, 1.807) is 18.2 Å². The van der Waals surface area contributed by atoms with E-state index in [1.807, 2.05) is 6.92 Å². The normalized spacial score (nSPS) is 9.86. The zero-order chi connectivity index (χ0) is 10.4. The lowest BCUT2D eigenvalue weighted by Gasteiger charge is -2.07. The van der Waals surface area contributed by atoms with E-state index in [2.05, 4.69) is 22.6 Å². The zero-order valence-electron chi connectivity index (χ0n) is 7.83. The Hall–Kier alpha value is -0.620. The van der Waals surface area contributed by atoms with Crippen LogP contribution in [0, 0.1) is 3.57 Å². The maximum Gasteiger partial charge on any atom is 0.189 e. The van der Waals surface area contributed by atoms with Crippen molar-refractivity contribution < 1.29 is 14.3 Å². The third-order valence-corrected chi connectivity index (χ3v) is 2.44. The Labute approximate surface area is 96.5 Å². The lowest BCUT2D eigenvalue weighted by atomic mass is 10.2. The van der Waals surface area contributed by atoms with Crippen molar-refractivity contribution in [3.05, 3.63) is 27.3 Å². The average Bonchev–Trinajstić information content (AvgIpc) is 2.20. The number of benzene rings is 1. The second-order valence-corrected chi connectivity index (χ2v) is 3.72. The first-order valence-corrected chi connectivity index (χ1v) is 5.31. The van der Waals surface area contributed by atoms with E-state index in [0.29, 0.717) is 12.2 Å². The van der Waals surface area contributed by atoms with E-state index in [0.717, 1.165) is 15.6 Å². The Kier molecular flexibility index (Phi) is 4.89. The van der Waals surface area contributed by atoms with E-state index in [-0.39, 0.29) is 6.79 Å². The van der Waals surface area contributed by atoms with E-state index in [9.17, 15) is 4.79 Å². The van der Waals surface area contributed by atoms with Crippen LogP contribution in [0.15, 0.2) is 18.2 Å². The van der Waals surface area contributed by atoms with E-state index < -0.39 is 0 Å². The van der Waals surface area contributed by atoms with Crippen molar-refractivity contribution in [3.8, 4) is 5.75 Å². The monoisotopic (exact) mass is 306 g/mol. The molecule has 0 unspecified atom stereocenters. The first-order chi connectivity index (χ1) is 6.77. The summed E-state index contributed by atoms with van der Waals surface area (Å²) in [4.78, 5) is 10.5. The van der Waals surface area contributed by atoms with E-state index >= 15 is 0 Å². The van der Waals surface area contributed by atoms with Crippen LogP contribution in [-0.2, 0) is 4.74 Å². The van der Waals surface area contributed by atoms with Gasteiger partial charge in [-0.3, -0.25) is 4.79 Å². The Morgan fingerprint density at radius 1 is 1.50 bits per heavy atom. The number of hydrogen-bond acceptors (Lipinski definition) is 3. The van der Waals surface area contributed by atoms with Crippen molar-refractivity contribution in [1.29, 1.82) is 0 Å². The molecule has 0 heterocycles. The predicted molar refractivity (Wildman–Crippen MR) is 61.7 cm³/mol. The average molecular weight is 306 g/mol. The molecule has 14 heavy (non-hydrogen) atoms. The molecular weight excluding hydrogens is 295 g/mol.